The first kappa shape index (κ1) is 26.1. The second-order valence-corrected chi connectivity index (χ2v) is 11.8. The Morgan fingerprint density at radius 2 is 2.05 bits per heavy atom. The van der Waals surface area contributed by atoms with Crippen molar-refractivity contribution in [2.45, 2.75) is 83.6 Å². The number of aliphatic hydroxyl groups excluding tert-OH is 1. The van der Waals surface area contributed by atoms with E-state index in [1.165, 1.54) is 4.90 Å². The van der Waals surface area contributed by atoms with Crippen LogP contribution in [0.2, 0.25) is 0 Å². The molecule has 4 heterocycles. The molecule has 2 amide bonds. The van der Waals surface area contributed by atoms with Crippen molar-refractivity contribution in [3.05, 3.63) is 59.8 Å². The number of aromatic nitrogens is 4. The first-order valence-electron chi connectivity index (χ1n) is 13.4. The average Bonchev–Trinajstić information content (AvgIpc) is 3.49. The Hall–Kier alpha value is -3.53. The number of amides is 2. The third-order valence-electron chi connectivity index (χ3n) is 7.37. The zero-order valence-corrected chi connectivity index (χ0v) is 22.5. The number of dihydropyridines is 1. The molecule has 3 aliphatic rings. The van der Waals surface area contributed by atoms with E-state index in [0.717, 1.165) is 35.2 Å². The van der Waals surface area contributed by atoms with E-state index >= 15 is 0 Å². The lowest BCUT2D eigenvalue weighted by atomic mass is 9.85. The Bertz CT molecular complexity index is 1260. The molecule has 0 spiro atoms. The molecule has 0 radical (unpaired) electrons. The van der Waals surface area contributed by atoms with Crippen molar-refractivity contribution in [3.8, 4) is 0 Å². The summed E-state index contributed by atoms with van der Waals surface area (Å²) in [5.74, 6) is -0.106. The molecule has 4 atom stereocenters. The number of allylic oxidation sites excluding steroid dienone is 2. The number of β-amino-alcohol motifs (C(OH)–C–C–N with tert-alkyl or cyclic N) is 1. The van der Waals surface area contributed by atoms with Gasteiger partial charge in [0.05, 0.1) is 11.8 Å². The highest BCUT2D eigenvalue weighted by molar-refractivity contribution is 5.90. The van der Waals surface area contributed by atoms with Gasteiger partial charge in [-0.05, 0) is 42.4 Å². The van der Waals surface area contributed by atoms with E-state index in [4.69, 9.17) is 0 Å². The van der Waals surface area contributed by atoms with Gasteiger partial charge in [-0.2, -0.15) is 0 Å². The number of hydrogen-bond acceptors (Lipinski definition) is 7. The quantitative estimate of drug-likeness (QED) is 0.513. The van der Waals surface area contributed by atoms with Gasteiger partial charge in [0.25, 0.3) is 0 Å². The molecule has 1 saturated carbocycles. The lowest BCUT2D eigenvalue weighted by Gasteiger charge is -2.34. The van der Waals surface area contributed by atoms with Gasteiger partial charge >= 0.3 is 0 Å². The molecule has 2 aliphatic heterocycles. The molecular formula is C28H37N7O3. The van der Waals surface area contributed by atoms with Crippen LogP contribution in [0, 0.1) is 5.41 Å². The van der Waals surface area contributed by atoms with Crippen molar-refractivity contribution < 1.29 is 14.7 Å². The fourth-order valence-electron chi connectivity index (χ4n) is 5.13. The van der Waals surface area contributed by atoms with Crippen molar-refractivity contribution in [1.29, 1.82) is 0 Å². The maximum absolute atomic E-state index is 13.9. The van der Waals surface area contributed by atoms with Gasteiger partial charge in [-0.3, -0.25) is 14.6 Å². The molecule has 1 unspecified atom stereocenters. The van der Waals surface area contributed by atoms with Crippen LogP contribution in [0.3, 0.4) is 0 Å². The Labute approximate surface area is 223 Å². The van der Waals surface area contributed by atoms with Crippen LogP contribution in [0.5, 0.6) is 0 Å². The highest BCUT2D eigenvalue weighted by Crippen LogP contribution is 2.40. The molecule has 1 saturated heterocycles. The maximum Gasteiger partial charge on any atom is 0.248 e. The van der Waals surface area contributed by atoms with Crippen LogP contribution < -0.4 is 10.6 Å². The summed E-state index contributed by atoms with van der Waals surface area (Å²) < 4.78 is 1.64. The highest BCUT2D eigenvalue weighted by Gasteiger charge is 2.45. The molecule has 38 heavy (non-hydrogen) atoms. The van der Waals surface area contributed by atoms with Gasteiger partial charge < -0.3 is 20.6 Å². The maximum atomic E-state index is 13.9. The number of aliphatic hydroxyl groups is 1. The van der Waals surface area contributed by atoms with Gasteiger partial charge in [0.15, 0.2) is 0 Å². The smallest absolute Gasteiger partial charge is 0.248 e. The van der Waals surface area contributed by atoms with Crippen molar-refractivity contribution in [2.75, 3.05) is 6.54 Å². The van der Waals surface area contributed by atoms with Crippen LogP contribution in [0.15, 0.2) is 43.0 Å². The second-order valence-electron chi connectivity index (χ2n) is 11.8. The lowest BCUT2D eigenvalue weighted by Crippen LogP contribution is -2.50. The van der Waals surface area contributed by atoms with Gasteiger partial charge in [0.1, 0.15) is 12.1 Å². The van der Waals surface area contributed by atoms with Crippen LogP contribution in [0.1, 0.15) is 75.7 Å². The van der Waals surface area contributed by atoms with E-state index < -0.39 is 23.6 Å². The molecule has 2 fully saturated rings. The van der Waals surface area contributed by atoms with Crippen LogP contribution in [-0.4, -0.2) is 66.5 Å². The van der Waals surface area contributed by atoms with Gasteiger partial charge in [-0.25, -0.2) is 4.68 Å². The Kier molecular flexibility index (Phi) is 7.09. The highest BCUT2D eigenvalue weighted by atomic mass is 16.3. The van der Waals surface area contributed by atoms with E-state index in [1.54, 1.807) is 17.1 Å². The number of carbonyl (C=O) groups is 2. The molecule has 5 rings (SSSR count). The first-order valence-corrected chi connectivity index (χ1v) is 13.4. The summed E-state index contributed by atoms with van der Waals surface area (Å²) in [4.78, 5) is 33.0. The average molecular weight is 520 g/mol. The number of pyridine rings is 1. The molecule has 2 aromatic rings. The molecule has 2 aromatic heterocycles. The van der Waals surface area contributed by atoms with Crippen molar-refractivity contribution in [2.24, 2.45) is 5.41 Å². The van der Waals surface area contributed by atoms with Crippen molar-refractivity contribution >= 4 is 17.4 Å². The number of likely N-dealkylation sites (tertiary alicyclic amines) is 1. The summed E-state index contributed by atoms with van der Waals surface area (Å²) >= 11 is 0. The summed E-state index contributed by atoms with van der Waals surface area (Å²) in [5.41, 5.74) is 3.25. The first-order chi connectivity index (χ1) is 18.1. The SMILES string of the molecule is CC1C=CC(c2cncc(CNC(=O)[C@@H]3C[C@@H](O)CN3C(=O)[C@@H](n3cc(C4CC4)nn3)C(C)(C)C)c2)=CN1. The molecule has 202 valence electrons. The Morgan fingerprint density at radius 1 is 1.26 bits per heavy atom. The molecule has 3 N–H and O–H groups in total. The van der Waals surface area contributed by atoms with Gasteiger partial charge in [0.2, 0.25) is 11.8 Å². The van der Waals surface area contributed by atoms with E-state index in [0.29, 0.717) is 5.92 Å². The fraction of sp³-hybridized carbons (Fsp3) is 0.536. The summed E-state index contributed by atoms with van der Waals surface area (Å²) in [7, 11) is 0. The lowest BCUT2D eigenvalue weighted by molar-refractivity contribution is -0.144. The molecule has 1 aliphatic carbocycles. The predicted molar refractivity (Wildman–Crippen MR) is 142 cm³/mol. The van der Waals surface area contributed by atoms with E-state index in [9.17, 15) is 14.7 Å². The minimum absolute atomic E-state index is 0.108. The summed E-state index contributed by atoms with van der Waals surface area (Å²) in [6.45, 7) is 8.37. The largest absolute Gasteiger partial charge is 0.391 e. The number of nitrogens with zero attached hydrogens (tertiary/aromatic N) is 5. The summed E-state index contributed by atoms with van der Waals surface area (Å²) in [6.07, 6.45) is 13.1. The van der Waals surface area contributed by atoms with Gasteiger partial charge in [-0.1, -0.05) is 38.1 Å². The third kappa shape index (κ3) is 5.65. The van der Waals surface area contributed by atoms with Crippen LogP contribution in [0.25, 0.3) is 5.57 Å². The molecule has 0 bridgehead atoms. The number of carbonyl (C=O) groups excluding carboxylic acids is 2. The Balaban J connectivity index is 1.28. The zero-order chi connectivity index (χ0) is 27.0. The topological polar surface area (TPSA) is 125 Å². The Morgan fingerprint density at radius 3 is 2.74 bits per heavy atom. The van der Waals surface area contributed by atoms with E-state index in [2.05, 4.69) is 45.0 Å². The van der Waals surface area contributed by atoms with Crippen LogP contribution >= 0.6 is 0 Å². The zero-order valence-electron chi connectivity index (χ0n) is 22.5. The third-order valence-corrected chi connectivity index (χ3v) is 7.37. The molecular weight excluding hydrogens is 482 g/mol. The molecule has 10 nitrogen and oxygen atoms in total. The number of nitrogens with one attached hydrogen (secondary N) is 2. The van der Waals surface area contributed by atoms with E-state index in [-0.39, 0.29) is 37.4 Å². The van der Waals surface area contributed by atoms with E-state index in [1.807, 2.05) is 39.2 Å². The van der Waals surface area contributed by atoms with Gasteiger partial charge in [-0.15, -0.1) is 5.10 Å². The standard InChI is InChI=1S/C28H37N7O3/c1-17-5-6-20(14-30-17)21-9-18(11-29-13-21)12-31-26(37)24-10-22(36)15-34(24)27(38)25(28(2,3)4)35-16-23(32-33-35)19-7-8-19/h5-6,9,11,13-14,16-17,19,22,24-25,30,36H,7-8,10,12,15H2,1-4H3,(H,31,37)/t17?,22-,24+,25-/m1/s1. The summed E-state index contributed by atoms with van der Waals surface area (Å²) in [5, 5.41) is 25.3. The fourth-order valence-corrected chi connectivity index (χ4v) is 5.13. The predicted octanol–water partition coefficient (Wildman–Crippen LogP) is 2.30. The minimum atomic E-state index is -0.766. The van der Waals surface area contributed by atoms with Crippen molar-refractivity contribution in [3.63, 3.8) is 0 Å². The second kappa shape index (κ2) is 10.3. The monoisotopic (exact) mass is 519 g/mol. The van der Waals surface area contributed by atoms with Gasteiger partial charge in [0, 0.05) is 61.8 Å². The minimum Gasteiger partial charge on any atom is -0.391 e. The molecule has 0 aromatic carbocycles. The normalized spacial score (nSPS) is 24.1. The summed E-state index contributed by atoms with van der Waals surface area (Å²) in [6, 6.07) is 0.867. The number of hydrogen-bond donors (Lipinski definition) is 3. The molecule has 10 heteroatoms. The van der Waals surface area contributed by atoms with Crippen LogP contribution in [-0.2, 0) is 16.1 Å². The van der Waals surface area contributed by atoms with Crippen molar-refractivity contribution in [1.82, 2.24) is 35.5 Å². The van der Waals surface area contributed by atoms with Crippen LogP contribution in [0.4, 0.5) is 0 Å². The number of rotatable bonds is 7.